The highest BCUT2D eigenvalue weighted by atomic mass is 35.5. The summed E-state index contributed by atoms with van der Waals surface area (Å²) in [6.45, 7) is 7.80. The quantitative estimate of drug-likeness (QED) is 0.454. The second kappa shape index (κ2) is 7.92. The van der Waals surface area contributed by atoms with E-state index >= 15 is 0 Å². The molecule has 5 nitrogen and oxygen atoms in total. The first-order valence-electron chi connectivity index (χ1n) is 9.92. The Morgan fingerprint density at radius 3 is 2.63 bits per heavy atom. The summed E-state index contributed by atoms with van der Waals surface area (Å²) >= 11 is 6.33. The molecule has 0 aliphatic rings. The molecule has 4 rings (SSSR count). The van der Waals surface area contributed by atoms with Gasteiger partial charge >= 0.3 is 0 Å². The fourth-order valence-electron chi connectivity index (χ4n) is 3.73. The molecule has 152 valence electrons. The SMILES string of the molecule is CCc1ccccc1NC(=O)c1cc(C)nc2c1c(C)nn2-c1cccc(Cl)c1C. The van der Waals surface area contributed by atoms with E-state index in [-0.39, 0.29) is 5.91 Å². The van der Waals surface area contributed by atoms with Crippen LogP contribution in [0.4, 0.5) is 5.69 Å². The zero-order chi connectivity index (χ0) is 21.4. The van der Waals surface area contributed by atoms with Gasteiger partial charge < -0.3 is 5.32 Å². The molecule has 30 heavy (non-hydrogen) atoms. The Morgan fingerprint density at radius 1 is 1.10 bits per heavy atom. The zero-order valence-corrected chi connectivity index (χ0v) is 18.2. The van der Waals surface area contributed by atoms with Crippen molar-refractivity contribution in [2.45, 2.75) is 34.1 Å². The first-order valence-corrected chi connectivity index (χ1v) is 10.3. The summed E-state index contributed by atoms with van der Waals surface area (Å²) in [5, 5.41) is 9.18. The number of anilines is 1. The lowest BCUT2D eigenvalue weighted by atomic mass is 10.1. The molecule has 1 amide bonds. The van der Waals surface area contributed by atoms with Gasteiger partial charge in [-0.1, -0.05) is 42.8 Å². The Kier molecular flexibility index (Phi) is 5.31. The van der Waals surface area contributed by atoms with Gasteiger partial charge in [-0.15, -0.1) is 0 Å². The number of hydrogen-bond acceptors (Lipinski definition) is 3. The third-order valence-electron chi connectivity index (χ3n) is 5.30. The molecule has 2 aromatic carbocycles. The number of rotatable bonds is 4. The van der Waals surface area contributed by atoms with Crippen molar-refractivity contribution in [2.24, 2.45) is 0 Å². The van der Waals surface area contributed by atoms with Crippen molar-refractivity contribution in [1.29, 1.82) is 0 Å². The standard InChI is InChI=1S/C24H23ClN4O/c1-5-17-9-6-7-11-20(17)27-24(30)18-13-14(2)26-23-22(18)16(4)28-29(23)21-12-8-10-19(25)15(21)3/h6-13H,5H2,1-4H3,(H,27,30). The summed E-state index contributed by atoms with van der Waals surface area (Å²) in [6, 6.07) is 15.4. The lowest BCUT2D eigenvalue weighted by molar-refractivity contribution is 0.102. The maximum absolute atomic E-state index is 13.3. The predicted octanol–water partition coefficient (Wildman–Crippen LogP) is 5.81. The number of aryl methyl sites for hydroxylation is 3. The number of hydrogen-bond donors (Lipinski definition) is 1. The Balaban J connectivity index is 1.87. The minimum Gasteiger partial charge on any atom is -0.322 e. The van der Waals surface area contributed by atoms with E-state index in [2.05, 4.69) is 12.2 Å². The van der Waals surface area contributed by atoms with Gasteiger partial charge in [0.1, 0.15) is 0 Å². The summed E-state index contributed by atoms with van der Waals surface area (Å²) < 4.78 is 1.77. The molecule has 0 aliphatic carbocycles. The highest BCUT2D eigenvalue weighted by molar-refractivity contribution is 6.31. The van der Waals surface area contributed by atoms with Gasteiger partial charge in [0.15, 0.2) is 5.65 Å². The van der Waals surface area contributed by atoms with Crippen molar-refractivity contribution in [3.05, 3.63) is 81.6 Å². The minimum atomic E-state index is -0.170. The van der Waals surface area contributed by atoms with Crippen molar-refractivity contribution in [3.8, 4) is 5.69 Å². The van der Waals surface area contributed by atoms with Gasteiger partial charge in [-0.05, 0) is 62.6 Å². The van der Waals surface area contributed by atoms with Crippen LogP contribution in [-0.4, -0.2) is 20.7 Å². The Hall–Kier alpha value is -3.18. The maximum Gasteiger partial charge on any atom is 0.256 e. The number of halogens is 1. The van der Waals surface area contributed by atoms with E-state index in [9.17, 15) is 4.79 Å². The summed E-state index contributed by atoms with van der Waals surface area (Å²) in [7, 11) is 0. The van der Waals surface area contributed by atoms with Gasteiger partial charge in [0.2, 0.25) is 0 Å². The van der Waals surface area contributed by atoms with Crippen LogP contribution in [0.25, 0.3) is 16.7 Å². The molecule has 2 aromatic heterocycles. The summed E-state index contributed by atoms with van der Waals surface area (Å²) in [6.07, 6.45) is 0.840. The van der Waals surface area contributed by atoms with Gasteiger partial charge in [-0.2, -0.15) is 5.10 Å². The molecule has 0 spiro atoms. The van der Waals surface area contributed by atoms with E-state index in [4.69, 9.17) is 21.7 Å². The first kappa shape index (κ1) is 20.1. The fourth-order valence-corrected chi connectivity index (χ4v) is 3.90. The average molecular weight is 419 g/mol. The number of benzene rings is 2. The molecule has 2 heterocycles. The van der Waals surface area contributed by atoms with E-state index < -0.39 is 0 Å². The predicted molar refractivity (Wildman–Crippen MR) is 122 cm³/mol. The van der Waals surface area contributed by atoms with Crippen LogP contribution in [0.2, 0.25) is 5.02 Å². The molecule has 1 N–H and O–H groups in total. The van der Waals surface area contributed by atoms with Crippen LogP contribution in [0.1, 0.15) is 39.8 Å². The second-order valence-corrected chi connectivity index (χ2v) is 7.76. The smallest absolute Gasteiger partial charge is 0.256 e. The fraction of sp³-hybridized carbons (Fsp3) is 0.208. The lowest BCUT2D eigenvalue weighted by Gasteiger charge is -2.12. The van der Waals surface area contributed by atoms with Gasteiger partial charge in [-0.25, -0.2) is 9.67 Å². The molecule has 4 aromatic rings. The van der Waals surface area contributed by atoms with Gasteiger partial charge in [0.05, 0.1) is 22.3 Å². The Bertz CT molecular complexity index is 1280. The molecule has 0 atom stereocenters. The van der Waals surface area contributed by atoms with Crippen molar-refractivity contribution in [2.75, 3.05) is 5.32 Å². The number of aromatic nitrogens is 3. The number of pyridine rings is 1. The van der Waals surface area contributed by atoms with E-state index in [0.717, 1.165) is 45.7 Å². The number of nitrogens with one attached hydrogen (secondary N) is 1. The molecule has 0 bridgehead atoms. The molecule has 6 heteroatoms. The van der Waals surface area contributed by atoms with Crippen LogP contribution < -0.4 is 5.32 Å². The number of amides is 1. The molecule has 0 saturated heterocycles. The van der Waals surface area contributed by atoms with Crippen LogP contribution in [0, 0.1) is 20.8 Å². The van der Waals surface area contributed by atoms with Gasteiger partial charge in [0.25, 0.3) is 5.91 Å². The molecule has 0 fully saturated rings. The van der Waals surface area contributed by atoms with Crippen molar-refractivity contribution >= 4 is 34.2 Å². The minimum absolute atomic E-state index is 0.170. The maximum atomic E-state index is 13.3. The molecular formula is C24H23ClN4O. The van der Waals surface area contributed by atoms with E-state index in [1.807, 2.05) is 69.3 Å². The van der Waals surface area contributed by atoms with Crippen molar-refractivity contribution in [1.82, 2.24) is 14.8 Å². The number of fused-ring (bicyclic) bond motifs is 1. The summed E-state index contributed by atoms with van der Waals surface area (Å²) in [5.41, 5.74) is 6.37. The number of carbonyl (C=O) groups is 1. The van der Waals surface area contributed by atoms with Crippen LogP contribution in [-0.2, 0) is 6.42 Å². The lowest BCUT2D eigenvalue weighted by Crippen LogP contribution is -2.14. The van der Waals surface area contributed by atoms with Crippen LogP contribution in [0.15, 0.2) is 48.5 Å². The molecule has 0 radical (unpaired) electrons. The topological polar surface area (TPSA) is 59.8 Å². The second-order valence-electron chi connectivity index (χ2n) is 7.36. The number of carbonyl (C=O) groups excluding carboxylic acids is 1. The zero-order valence-electron chi connectivity index (χ0n) is 17.5. The molecular weight excluding hydrogens is 396 g/mol. The van der Waals surface area contributed by atoms with Crippen LogP contribution >= 0.6 is 11.6 Å². The van der Waals surface area contributed by atoms with Crippen LogP contribution in [0.3, 0.4) is 0 Å². The molecule has 0 unspecified atom stereocenters. The van der Waals surface area contributed by atoms with Crippen LogP contribution in [0.5, 0.6) is 0 Å². The van der Waals surface area contributed by atoms with Gasteiger partial charge in [0, 0.05) is 16.4 Å². The Labute approximate surface area is 180 Å². The van der Waals surface area contributed by atoms with E-state index in [1.54, 1.807) is 4.68 Å². The third kappa shape index (κ3) is 3.46. The first-order chi connectivity index (χ1) is 14.4. The van der Waals surface area contributed by atoms with Crippen molar-refractivity contribution < 1.29 is 4.79 Å². The number of para-hydroxylation sites is 1. The molecule has 0 saturated carbocycles. The monoisotopic (exact) mass is 418 g/mol. The van der Waals surface area contributed by atoms with E-state index in [0.29, 0.717) is 16.2 Å². The average Bonchev–Trinajstić information content (AvgIpc) is 3.05. The largest absolute Gasteiger partial charge is 0.322 e. The molecule has 0 aliphatic heterocycles. The summed E-state index contributed by atoms with van der Waals surface area (Å²) in [4.78, 5) is 18.0. The normalized spacial score (nSPS) is 11.1. The van der Waals surface area contributed by atoms with Crippen molar-refractivity contribution in [3.63, 3.8) is 0 Å². The Morgan fingerprint density at radius 2 is 1.87 bits per heavy atom. The number of nitrogens with zero attached hydrogens (tertiary/aromatic N) is 3. The highest BCUT2D eigenvalue weighted by Crippen LogP contribution is 2.29. The highest BCUT2D eigenvalue weighted by Gasteiger charge is 2.21. The summed E-state index contributed by atoms with van der Waals surface area (Å²) in [5.74, 6) is -0.170. The van der Waals surface area contributed by atoms with E-state index in [1.165, 1.54) is 0 Å². The third-order valence-corrected chi connectivity index (χ3v) is 5.71. The van der Waals surface area contributed by atoms with Gasteiger partial charge in [-0.3, -0.25) is 4.79 Å².